The van der Waals surface area contributed by atoms with Crippen molar-refractivity contribution in [3.8, 4) is 0 Å². The van der Waals surface area contributed by atoms with Crippen molar-refractivity contribution in [2.75, 3.05) is 0 Å². The summed E-state index contributed by atoms with van der Waals surface area (Å²) in [6, 6.07) is 13.0. The Kier molecular flexibility index (Phi) is 5.20. The molecule has 0 saturated heterocycles. The fourth-order valence-electron chi connectivity index (χ4n) is 2.08. The molecule has 128 valence electrons. The van der Waals surface area contributed by atoms with Gasteiger partial charge in [0.1, 0.15) is 5.76 Å². The summed E-state index contributed by atoms with van der Waals surface area (Å²) in [6.45, 7) is 0.620. The van der Waals surface area contributed by atoms with E-state index in [-0.39, 0.29) is 30.6 Å². The van der Waals surface area contributed by atoms with E-state index < -0.39 is 5.91 Å². The van der Waals surface area contributed by atoms with Gasteiger partial charge in [0.05, 0.1) is 19.2 Å². The third-order valence-electron chi connectivity index (χ3n) is 3.32. The highest BCUT2D eigenvalue weighted by atomic mass is 16.5. The van der Waals surface area contributed by atoms with Crippen molar-refractivity contribution in [2.45, 2.75) is 19.5 Å². The minimum Gasteiger partial charge on any atom is -0.467 e. The van der Waals surface area contributed by atoms with Gasteiger partial charge in [0.15, 0.2) is 5.82 Å². The molecule has 2 aromatic heterocycles. The number of carbonyl (C=O) groups excluding carboxylic acids is 2. The molecule has 0 saturated carbocycles. The molecule has 3 rings (SSSR count). The normalized spacial score (nSPS) is 10.4. The molecule has 1 aromatic carbocycles. The highest BCUT2D eigenvalue weighted by Gasteiger charge is 2.17. The molecule has 0 bridgehead atoms. The molecular formula is C17H16N4O4. The molecule has 0 aliphatic heterocycles. The molecule has 2 N–H and O–H groups in total. The second-order valence-electron chi connectivity index (χ2n) is 5.22. The van der Waals surface area contributed by atoms with Crippen molar-refractivity contribution in [3.63, 3.8) is 0 Å². The lowest BCUT2D eigenvalue weighted by Gasteiger charge is -2.03. The van der Waals surface area contributed by atoms with Gasteiger partial charge in [0.25, 0.3) is 0 Å². The van der Waals surface area contributed by atoms with Gasteiger partial charge in [0.2, 0.25) is 5.91 Å². The molecule has 25 heavy (non-hydrogen) atoms. The van der Waals surface area contributed by atoms with E-state index >= 15 is 0 Å². The predicted molar refractivity (Wildman–Crippen MR) is 86.2 cm³/mol. The lowest BCUT2D eigenvalue weighted by molar-refractivity contribution is -0.120. The monoisotopic (exact) mass is 340 g/mol. The highest BCUT2D eigenvalue weighted by molar-refractivity contribution is 5.89. The second-order valence-corrected chi connectivity index (χ2v) is 5.22. The topological polar surface area (TPSA) is 110 Å². The van der Waals surface area contributed by atoms with Crippen molar-refractivity contribution in [3.05, 3.63) is 71.8 Å². The van der Waals surface area contributed by atoms with Gasteiger partial charge in [-0.2, -0.15) is 4.98 Å². The van der Waals surface area contributed by atoms with Crippen molar-refractivity contribution >= 4 is 11.8 Å². The summed E-state index contributed by atoms with van der Waals surface area (Å²) in [5.41, 5.74) is 0.988. The first-order valence-electron chi connectivity index (χ1n) is 7.64. The molecule has 3 aromatic rings. The molecule has 0 aliphatic rings. The molecule has 0 atom stereocenters. The average molecular weight is 340 g/mol. The summed E-state index contributed by atoms with van der Waals surface area (Å²) in [7, 11) is 0. The minimum atomic E-state index is -0.528. The van der Waals surface area contributed by atoms with E-state index in [4.69, 9.17) is 8.94 Å². The van der Waals surface area contributed by atoms with Crippen LogP contribution in [0.25, 0.3) is 0 Å². The number of benzene rings is 1. The van der Waals surface area contributed by atoms with Gasteiger partial charge < -0.3 is 19.6 Å². The van der Waals surface area contributed by atoms with Crippen LogP contribution in [0.5, 0.6) is 0 Å². The standard InChI is InChI=1S/C17H16N4O4/c22-15(18-10-12-5-2-1-3-6-12)9-14-20-17(25-21-14)16(23)19-11-13-7-4-8-24-13/h1-8H,9-11H2,(H,18,22)(H,19,23). The number of carbonyl (C=O) groups is 2. The lowest BCUT2D eigenvalue weighted by Crippen LogP contribution is -2.25. The summed E-state index contributed by atoms with van der Waals surface area (Å²) < 4.78 is 9.98. The van der Waals surface area contributed by atoms with E-state index in [1.807, 2.05) is 30.3 Å². The maximum Gasteiger partial charge on any atom is 0.315 e. The van der Waals surface area contributed by atoms with Gasteiger partial charge in [-0.1, -0.05) is 35.5 Å². The quantitative estimate of drug-likeness (QED) is 0.673. The van der Waals surface area contributed by atoms with E-state index in [0.717, 1.165) is 5.56 Å². The third-order valence-corrected chi connectivity index (χ3v) is 3.32. The predicted octanol–water partition coefficient (Wildman–Crippen LogP) is 1.45. The van der Waals surface area contributed by atoms with E-state index in [2.05, 4.69) is 20.8 Å². The van der Waals surface area contributed by atoms with E-state index in [9.17, 15) is 9.59 Å². The van der Waals surface area contributed by atoms with E-state index in [1.54, 1.807) is 12.1 Å². The van der Waals surface area contributed by atoms with E-state index in [1.165, 1.54) is 6.26 Å². The van der Waals surface area contributed by atoms with Crippen LogP contribution in [0.4, 0.5) is 0 Å². The minimum absolute atomic E-state index is 0.0677. The number of aromatic nitrogens is 2. The first kappa shape index (κ1) is 16.4. The first-order valence-corrected chi connectivity index (χ1v) is 7.64. The van der Waals surface area contributed by atoms with Gasteiger partial charge >= 0.3 is 11.8 Å². The summed E-state index contributed by atoms with van der Waals surface area (Å²) in [5, 5.41) is 8.99. The van der Waals surface area contributed by atoms with Gasteiger partial charge in [-0.25, -0.2) is 0 Å². The van der Waals surface area contributed by atoms with Crippen molar-refractivity contribution in [2.24, 2.45) is 0 Å². The summed E-state index contributed by atoms with van der Waals surface area (Å²) in [6.07, 6.45) is 1.45. The van der Waals surface area contributed by atoms with Crippen molar-refractivity contribution in [1.82, 2.24) is 20.8 Å². The molecule has 0 fully saturated rings. The summed E-state index contributed by atoms with van der Waals surface area (Å²) in [5.74, 6) is -0.230. The first-order chi connectivity index (χ1) is 12.2. The number of amides is 2. The Morgan fingerprint density at radius 1 is 1.00 bits per heavy atom. The van der Waals surface area contributed by atoms with Crippen molar-refractivity contribution < 1.29 is 18.5 Å². The van der Waals surface area contributed by atoms with Crippen LogP contribution in [0.1, 0.15) is 27.8 Å². The molecule has 8 heteroatoms. The molecule has 0 unspecified atom stereocenters. The molecule has 0 radical (unpaired) electrons. The van der Waals surface area contributed by atoms with Crippen LogP contribution < -0.4 is 10.6 Å². The number of rotatable bonds is 7. The van der Waals surface area contributed by atoms with Gasteiger partial charge in [-0.3, -0.25) is 9.59 Å². The zero-order valence-electron chi connectivity index (χ0n) is 13.3. The Morgan fingerprint density at radius 2 is 1.84 bits per heavy atom. The Balaban J connectivity index is 1.47. The molecule has 2 amide bonds. The van der Waals surface area contributed by atoms with Gasteiger partial charge in [-0.05, 0) is 17.7 Å². The van der Waals surface area contributed by atoms with Crippen molar-refractivity contribution in [1.29, 1.82) is 0 Å². The third kappa shape index (κ3) is 4.77. The van der Waals surface area contributed by atoms with Crippen LogP contribution in [0, 0.1) is 0 Å². The van der Waals surface area contributed by atoms with Crippen LogP contribution in [0.15, 0.2) is 57.7 Å². The number of nitrogens with zero attached hydrogens (tertiary/aromatic N) is 2. The number of furan rings is 1. The number of hydrogen-bond acceptors (Lipinski definition) is 6. The Labute approximate surface area is 143 Å². The van der Waals surface area contributed by atoms with Crippen LogP contribution in [-0.4, -0.2) is 22.0 Å². The average Bonchev–Trinajstić information content (AvgIpc) is 3.31. The molecule has 0 aliphatic carbocycles. The molecular weight excluding hydrogens is 324 g/mol. The van der Waals surface area contributed by atoms with Gasteiger partial charge in [-0.15, -0.1) is 0 Å². The van der Waals surface area contributed by atoms with Gasteiger partial charge in [0, 0.05) is 6.54 Å². The molecule has 2 heterocycles. The Morgan fingerprint density at radius 3 is 2.60 bits per heavy atom. The molecule has 0 spiro atoms. The number of hydrogen-bond donors (Lipinski definition) is 2. The fourth-order valence-corrected chi connectivity index (χ4v) is 2.08. The summed E-state index contributed by atoms with van der Waals surface area (Å²) >= 11 is 0. The highest BCUT2D eigenvalue weighted by Crippen LogP contribution is 2.02. The zero-order valence-corrected chi connectivity index (χ0v) is 13.3. The second kappa shape index (κ2) is 7.91. The number of nitrogens with one attached hydrogen (secondary N) is 2. The largest absolute Gasteiger partial charge is 0.467 e. The zero-order chi connectivity index (χ0) is 17.5. The SMILES string of the molecule is O=C(Cc1noc(C(=O)NCc2ccco2)n1)NCc1ccccc1. The van der Waals surface area contributed by atoms with Crippen LogP contribution in [-0.2, 0) is 24.3 Å². The summed E-state index contributed by atoms with van der Waals surface area (Å²) in [4.78, 5) is 27.7. The maximum absolute atomic E-state index is 11.9. The fraction of sp³-hybridized carbons (Fsp3) is 0.176. The Bertz CT molecular complexity index is 827. The van der Waals surface area contributed by atoms with Crippen LogP contribution >= 0.6 is 0 Å². The molecule has 8 nitrogen and oxygen atoms in total. The lowest BCUT2D eigenvalue weighted by atomic mass is 10.2. The van der Waals surface area contributed by atoms with Crippen LogP contribution in [0.3, 0.4) is 0 Å². The Hall–Kier alpha value is -3.42. The van der Waals surface area contributed by atoms with Crippen LogP contribution in [0.2, 0.25) is 0 Å². The van der Waals surface area contributed by atoms with E-state index in [0.29, 0.717) is 12.3 Å². The maximum atomic E-state index is 11.9. The smallest absolute Gasteiger partial charge is 0.315 e.